The lowest BCUT2D eigenvalue weighted by atomic mass is 10.0. The highest BCUT2D eigenvalue weighted by atomic mass is 16.5. The van der Waals surface area contributed by atoms with E-state index in [9.17, 15) is 0 Å². The van der Waals surface area contributed by atoms with Crippen molar-refractivity contribution < 1.29 is 9.47 Å². The van der Waals surface area contributed by atoms with Crippen molar-refractivity contribution in [2.24, 2.45) is 5.73 Å². The van der Waals surface area contributed by atoms with Crippen LogP contribution in [0.5, 0.6) is 11.6 Å². The van der Waals surface area contributed by atoms with Crippen molar-refractivity contribution in [1.29, 1.82) is 0 Å². The predicted octanol–water partition coefficient (Wildman–Crippen LogP) is 1.62. The third kappa shape index (κ3) is 2.26. The molecule has 1 heterocycles. The molecule has 0 bridgehead atoms. The van der Waals surface area contributed by atoms with Crippen LogP contribution < -0.4 is 15.2 Å². The van der Waals surface area contributed by atoms with Crippen LogP contribution in [-0.4, -0.2) is 24.2 Å². The van der Waals surface area contributed by atoms with Crippen molar-refractivity contribution in [3.63, 3.8) is 0 Å². The molecule has 0 saturated carbocycles. The number of rotatable bonds is 4. The molecule has 0 atom stereocenters. The highest BCUT2D eigenvalue weighted by molar-refractivity contribution is 5.68. The summed E-state index contributed by atoms with van der Waals surface area (Å²) in [7, 11) is 3.19. The Labute approximate surface area is 106 Å². The molecule has 1 aromatic heterocycles. The Hall–Kier alpha value is -2.14. The van der Waals surface area contributed by atoms with E-state index in [4.69, 9.17) is 15.2 Å². The Morgan fingerprint density at radius 3 is 2.56 bits per heavy atom. The molecule has 2 rings (SSSR count). The van der Waals surface area contributed by atoms with Gasteiger partial charge in [-0.05, 0) is 23.8 Å². The molecule has 0 aliphatic rings. The Morgan fingerprint density at radius 1 is 1.11 bits per heavy atom. The van der Waals surface area contributed by atoms with Gasteiger partial charge in [0.25, 0.3) is 0 Å². The molecule has 0 spiro atoms. The number of benzene rings is 1. The number of nitrogens with two attached hydrogens (primary N) is 1. The van der Waals surface area contributed by atoms with Crippen LogP contribution >= 0.6 is 0 Å². The Bertz CT molecular complexity index is 544. The average Bonchev–Trinajstić information content (AvgIpc) is 2.46. The van der Waals surface area contributed by atoms with Crippen molar-refractivity contribution in [3.05, 3.63) is 36.2 Å². The summed E-state index contributed by atoms with van der Waals surface area (Å²) >= 11 is 0. The van der Waals surface area contributed by atoms with Crippen LogP contribution in [0.15, 0.2) is 30.6 Å². The maximum absolute atomic E-state index is 5.76. The van der Waals surface area contributed by atoms with Gasteiger partial charge >= 0.3 is 0 Å². The molecule has 94 valence electrons. The lowest BCUT2D eigenvalue weighted by Gasteiger charge is -2.11. The lowest BCUT2D eigenvalue weighted by molar-refractivity contribution is 0.397. The van der Waals surface area contributed by atoms with Crippen molar-refractivity contribution in [1.82, 2.24) is 9.97 Å². The molecule has 5 nitrogen and oxygen atoms in total. The molecule has 18 heavy (non-hydrogen) atoms. The average molecular weight is 245 g/mol. The fourth-order valence-electron chi connectivity index (χ4n) is 1.76. The molecule has 2 aromatic rings. The fourth-order valence-corrected chi connectivity index (χ4v) is 1.76. The topological polar surface area (TPSA) is 70.3 Å². The van der Waals surface area contributed by atoms with Crippen LogP contribution in [0.2, 0.25) is 0 Å². The van der Waals surface area contributed by atoms with E-state index in [2.05, 4.69) is 9.97 Å². The highest BCUT2D eigenvalue weighted by Crippen LogP contribution is 2.30. The maximum Gasteiger partial charge on any atom is 0.240 e. The molecule has 0 aliphatic carbocycles. The van der Waals surface area contributed by atoms with E-state index in [1.54, 1.807) is 26.6 Å². The lowest BCUT2D eigenvalue weighted by Crippen LogP contribution is -2.02. The third-order valence-electron chi connectivity index (χ3n) is 2.65. The summed E-state index contributed by atoms with van der Waals surface area (Å²) < 4.78 is 10.4. The van der Waals surface area contributed by atoms with Gasteiger partial charge in [0.15, 0.2) is 0 Å². The molecule has 2 N–H and O–H groups in total. The van der Waals surface area contributed by atoms with E-state index in [0.29, 0.717) is 18.1 Å². The summed E-state index contributed by atoms with van der Waals surface area (Å²) in [5.41, 5.74) is 8.29. The SMILES string of the molecule is COc1ccc(-c2nccnc2OC)c(CN)c1. The smallest absolute Gasteiger partial charge is 0.240 e. The molecule has 1 aromatic carbocycles. The van der Waals surface area contributed by atoms with Gasteiger partial charge in [-0.2, -0.15) is 0 Å². The number of aromatic nitrogens is 2. The first-order valence-corrected chi connectivity index (χ1v) is 5.52. The molecule has 0 amide bonds. The van der Waals surface area contributed by atoms with Gasteiger partial charge in [0.1, 0.15) is 11.4 Å². The predicted molar refractivity (Wildman–Crippen MR) is 68.5 cm³/mol. The first-order chi connectivity index (χ1) is 8.80. The normalized spacial score (nSPS) is 10.2. The monoisotopic (exact) mass is 245 g/mol. The van der Waals surface area contributed by atoms with Crippen LogP contribution in [0, 0.1) is 0 Å². The van der Waals surface area contributed by atoms with E-state index in [0.717, 1.165) is 16.9 Å². The molecular formula is C13H15N3O2. The van der Waals surface area contributed by atoms with Gasteiger partial charge in [-0.25, -0.2) is 9.97 Å². The second kappa shape index (κ2) is 5.46. The fraction of sp³-hybridized carbons (Fsp3) is 0.231. The molecule has 0 unspecified atom stereocenters. The Kier molecular flexibility index (Phi) is 3.74. The van der Waals surface area contributed by atoms with Crippen molar-refractivity contribution in [2.75, 3.05) is 14.2 Å². The number of hydrogen-bond donors (Lipinski definition) is 1. The molecule has 0 radical (unpaired) electrons. The summed E-state index contributed by atoms with van der Waals surface area (Å²) in [5, 5.41) is 0. The van der Waals surface area contributed by atoms with Crippen LogP contribution in [-0.2, 0) is 6.54 Å². The number of methoxy groups -OCH3 is 2. The largest absolute Gasteiger partial charge is 0.497 e. The summed E-state index contributed by atoms with van der Waals surface area (Å²) in [6.07, 6.45) is 3.22. The minimum atomic E-state index is 0.395. The van der Waals surface area contributed by atoms with Crippen LogP contribution in [0.25, 0.3) is 11.3 Å². The molecule has 0 saturated heterocycles. The Morgan fingerprint density at radius 2 is 1.89 bits per heavy atom. The minimum absolute atomic E-state index is 0.395. The zero-order valence-corrected chi connectivity index (χ0v) is 10.4. The quantitative estimate of drug-likeness (QED) is 0.886. The zero-order valence-electron chi connectivity index (χ0n) is 10.4. The third-order valence-corrected chi connectivity index (χ3v) is 2.65. The molecule has 5 heteroatoms. The van der Waals surface area contributed by atoms with Crippen molar-refractivity contribution >= 4 is 0 Å². The van der Waals surface area contributed by atoms with Crippen molar-refractivity contribution in [3.8, 4) is 22.9 Å². The van der Waals surface area contributed by atoms with Gasteiger partial charge in [-0.15, -0.1) is 0 Å². The van der Waals surface area contributed by atoms with Crippen LogP contribution in [0.1, 0.15) is 5.56 Å². The van der Waals surface area contributed by atoms with E-state index in [1.165, 1.54) is 0 Å². The second-order valence-corrected chi connectivity index (χ2v) is 3.64. The summed E-state index contributed by atoms with van der Waals surface area (Å²) in [4.78, 5) is 8.43. The molecule has 0 aliphatic heterocycles. The molecular weight excluding hydrogens is 230 g/mol. The van der Waals surface area contributed by atoms with E-state index in [1.807, 2.05) is 18.2 Å². The summed E-state index contributed by atoms with van der Waals surface area (Å²) in [5.74, 6) is 1.25. The van der Waals surface area contributed by atoms with E-state index in [-0.39, 0.29) is 0 Å². The van der Waals surface area contributed by atoms with Gasteiger partial charge in [-0.3, -0.25) is 0 Å². The summed E-state index contributed by atoms with van der Waals surface area (Å²) in [6, 6.07) is 5.67. The van der Waals surface area contributed by atoms with E-state index >= 15 is 0 Å². The first kappa shape index (κ1) is 12.3. The second-order valence-electron chi connectivity index (χ2n) is 3.64. The zero-order chi connectivity index (χ0) is 13.0. The minimum Gasteiger partial charge on any atom is -0.497 e. The standard InChI is InChI=1S/C13H15N3O2/c1-17-10-3-4-11(9(7-10)8-14)12-13(18-2)16-6-5-15-12/h3-7H,8,14H2,1-2H3. The first-order valence-electron chi connectivity index (χ1n) is 5.52. The van der Waals surface area contributed by atoms with Crippen LogP contribution in [0.3, 0.4) is 0 Å². The van der Waals surface area contributed by atoms with Gasteiger partial charge < -0.3 is 15.2 Å². The van der Waals surface area contributed by atoms with Gasteiger partial charge in [0, 0.05) is 24.5 Å². The van der Waals surface area contributed by atoms with Gasteiger partial charge in [0.05, 0.1) is 14.2 Å². The highest BCUT2D eigenvalue weighted by Gasteiger charge is 2.12. The number of nitrogens with zero attached hydrogens (tertiary/aromatic N) is 2. The molecule has 0 fully saturated rings. The number of hydrogen-bond acceptors (Lipinski definition) is 5. The van der Waals surface area contributed by atoms with Crippen LogP contribution in [0.4, 0.5) is 0 Å². The van der Waals surface area contributed by atoms with Crippen molar-refractivity contribution in [2.45, 2.75) is 6.54 Å². The number of ether oxygens (including phenoxy) is 2. The summed E-state index contributed by atoms with van der Waals surface area (Å²) in [6.45, 7) is 0.395. The van der Waals surface area contributed by atoms with Gasteiger partial charge in [0.2, 0.25) is 5.88 Å². The van der Waals surface area contributed by atoms with Gasteiger partial charge in [-0.1, -0.05) is 0 Å². The maximum atomic E-state index is 5.76. The van der Waals surface area contributed by atoms with E-state index < -0.39 is 0 Å². The Balaban J connectivity index is 2.56.